The van der Waals surface area contributed by atoms with Crippen molar-refractivity contribution in [3.63, 3.8) is 0 Å². The van der Waals surface area contributed by atoms with E-state index in [0.717, 1.165) is 64.7 Å². The number of nitrogens with zero attached hydrogens (tertiary/aromatic N) is 6. The van der Waals surface area contributed by atoms with Gasteiger partial charge in [-0.15, -0.1) is 10.2 Å². The summed E-state index contributed by atoms with van der Waals surface area (Å²) in [5.74, 6) is 0.837. The fourth-order valence-electron chi connectivity index (χ4n) is 3.87. The summed E-state index contributed by atoms with van der Waals surface area (Å²) in [6.45, 7) is 10.3. The number of rotatable bonds is 4. The van der Waals surface area contributed by atoms with Crippen LogP contribution in [0.1, 0.15) is 17.4 Å². The van der Waals surface area contributed by atoms with E-state index in [1.54, 1.807) is 0 Å². The van der Waals surface area contributed by atoms with Crippen LogP contribution in [0.15, 0.2) is 42.5 Å². The number of hydrogen-bond donors (Lipinski definition) is 0. The minimum absolute atomic E-state index is 0.0105. The summed E-state index contributed by atoms with van der Waals surface area (Å²) in [6.07, 6.45) is 0. The predicted octanol–water partition coefficient (Wildman–Crippen LogP) is 1.58. The molecule has 148 valence electrons. The number of aromatic nitrogens is 2. The number of piperazine rings is 2. The van der Waals surface area contributed by atoms with Gasteiger partial charge in [0, 0.05) is 58.0 Å². The Morgan fingerprint density at radius 1 is 0.821 bits per heavy atom. The molecule has 0 bridgehead atoms. The number of carbonyl (C=O) groups is 1. The van der Waals surface area contributed by atoms with Crippen molar-refractivity contribution in [2.75, 3.05) is 68.7 Å². The SMILES string of the molecule is CCN1CCN(C(=O)c2ccc(N3CCN(c4ccccc4)CC3)nn2)CC1. The normalized spacial score (nSPS) is 18.4. The highest BCUT2D eigenvalue weighted by Gasteiger charge is 2.23. The zero-order valence-electron chi connectivity index (χ0n) is 16.5. The lowest BCUT2D eigenvalue weighted by molar-refractivity contribution is 0.0636. The monoisotopic (exact) mass is 380 g/mol. The van der Waals surface area contributed by atoms with Crippen LogP contribution in [0.4, 0.5) is 11.5 Å². The van der Waals surface area contributed by atoms with Gasteiger partial charge in [-0.05, 0) is 30.8 Å². The number of hydrogen-bond acceptors (Lipinski definition) is 6. The Balaban J connectivity index is 1.33. The molecule has 2 saturated heterocycles. The fraction of sp³-hybridized carbons (Fsp3) is 0.476. The minimum atomic E-state index is -0.0105. The van der Waals surface area contributed by atoms with Gasteiger partial charge in [0.05, 0.1) is 0 Å². The lowest BCUT2D eigenvalue weighted by atomic mass is 10.2. The van der Waals surface area contributed by atoms with Crippen LogP contribution in [-0.4, -0.2) is 84.8 Å². The second-order valence-electron chi connectivity index (χ2n) is 7.31. The summed E-state index contributed by atoms with van der Waals surface area (Å²) < 4.78 is 0. The van der Waals surface area contributed by atoms with Crippen molar-refractivity contribution >= 4 is 17.4 Å². The fourth-order valence-corrected chi connectivity index (χ4v) is 3.87. The average Bonchev–Trinajstić information content (AvgIpc) is 2.79. The maximum absolute atomic E-state index is 12.7. The van der Waals surface area contributed by atoms with Crippen LogP contribution in [0, 0.1) is 0 Å². The molecule has 1 aromatic heterocycles. The molecule has 3 heterocycles. The second kappa shape index (κ2) is 8.56. The van der Waals surface area contributed by atoms with Crippen LogP contribution >= 0.6 is 0 Å². The molecule has 2 aliphatic heterocycles. The molecule has 2 aromatic rings. The van der Waals surface area contributed by atoms with E-state index >= 15 is 0 Å². The summed E-state index contributed by atoms with van der Waals surface area (Å²) in [6, 6.07) is 14.2. The highest BCUT2D eigenvalue weighted by atomic mass is 16.2. The van der Waals surface area contributed by atoms with Gasteiger partial charge in [0.2, 0.25) is 0 Å². The Morgan fingerprint density at radius 3 is 2.11 bits per heavy atom. The van der Waals surface area contributed by atoms with Gasteiger partial charge in [-0.1, -0.05) is 25.1 Å². The van der Waals surface area contributed by atoms with E-state index < -0.39 is 0 Å². The molecule has 4 rings (SSSR count). The first-order chi connectivity index (χ1) is 13.7. The number of para-hydroxylation sites is 1. The molecule has 0 aliphatic carbocycles. The molecule has 0 unspecified atom stereocenters. The molecule has 2 aliphatic rings. The van der Waals surface area contributed by atoms with Gasteiger partial charge >= 0.3 is 0 Å². The Labute approximate surface area is 166 Å². The lowest BCUT2D eigenvalue weighted by Gasteiger charge is -2.36. The summed E-state index contributed by atoms with van der Waals surface area (Å²) in [5, 5.41) is 8.58. The third kappa shape index (κ3) is 4.09. The molecule has 0 N–H and O–H groups in total. The van der Waals surface area contributed by atoms with Crippen LogP contribution in [0.5, 0.6) is 0 Å². The molecule has 2 fully saturated rings. The van der Waals surface area contributed by atoms with E-state index in [-0.39, 0.29) is 5.91 Å². The smallest absolute Gasteiger partial charge is 0.274 e. The standard InChI is InChI=1S/C21H28N6O/c1-2-24-10-12-27(13-11-24)21(28)19-8-9-20(23-22-19)26-16-14-25(15-17-26)18-6-4-3-5-7-18/h3-9H,2,10-17H2,1H3. The number of amides is 1. The van der Waals surface area contributed by atoms with E-state index in [0.29, 0.717) is 5.69 Å². The minimum Gasteiger partial charge on any atom is -0.368 e. The highest BCUT2D eigenvalue weighted by molar-refractivity contribution is 5.92. The molecule has 1 amide bonds. The van der Waals surface area contributed by atoms with Crippen LogP contribution < -0.4 is 9.80 Å². The largest absolute Gasteiger partial charge is 0.368 e. The Morgan fingerprint density at radius 2 is 1.50 bits per heavy atom. The quantitative estimate of drug-likeness (QED) is 0.803. The zero-order valence-corrected chi connectivity index (χ0v) is 16.5. The topological polar surface area (TPSA) is 55.8 Å². The Kier molecular flexibility index (Phi) is 5.71. The van der Waals surface area contributed by atoms with Crippen molar-refractivity contribution in [3.8, 4) is 0 Å². The van der Waals surface area contributed by atoms with Crippen LogP contribution in [0.2, 0.25) is 0 Å². The summed E-state index contributed by atoms with van der Waals surface area (Å²) in [5.41, 5.74) is 1.70. The zero-order chi connectivity index (χ0) is 19.3. The van der Waals surface area contributed by atoms with E-state index in [2.05, 4.69) is 56.1 Å². The first-order valence-corrected chi connectivity index (χ1v) is 10.1. The first-order valence-electron chi connectivity index (χ1n) is 10.1. The third-order valence-corrected chi connectivity index (χ3v) is 5.70. The van der Waals surface area contributed by atoms with Crippen molar-refractivity contribution in [1.82, 2.24) is 20.0 Å². The van der Waals surface area contributed by atoms with Gasteiger partial charge < -0.3 is 19.6 Å². The van der Waals surface area contributed by atoms with Crippen molar-refractivity contribution < 1.29 is 4.79 Å². The van der Waals surface area contributed by atoms with E-state index in [1.807, 2.05) is 23.1 Å². The van der Waals surface area contributed by atoms with Crippen molar-refractivity contribution in [2.45, 2.75) is 6.92 Å². The molecule has 0 spiro atoms. The van der Waals surface area contributed by atoms with Gasteiger partial charge in [-0.3, -0.25) is 4.79 Å². The number of anilines is 2. The molecular formula is C21H28N6O. The summed E-state index contributed by atoms with van der Waals surface area (Å²) in [7, 11) is 0. The maximum Gasteiger partial charge on any atom is 0.274 e. The molecule has 28 heavy (non-hydrogen) atoms. The maximum atomic E-state index is 12.7. The van der Waals surface area contributed by atoms with E-state index in [9.17, 15) is 4.79 Å². The van der Waals surface area contributed by atoms with Gasteiger partial charge in [0.25, 0.3) is 5.91 Å². The lowest BCUT2D eigenvalue weighted by Crippen LogP contribution is -2.48. The second-order valence-corrected chi connectivity index (χ2v) is 7.31. The van der Waals surface area contributed by atoms with Gasteiger partial charge in [0.15, 0.2) is 11.5 Å². The summed E-state index contributed by atoms with van der Waals surface area (Å²) >= 11 is 0. The van der Waals surface area contributed by atoms with Crippen molar-refractivity contribution in [2.24, 2.45) is 0 Å². The molecule has 0 radical (unpaired) electrons. The average molecular weight is 380 g/mol. The molecule has 7 nitrogen and oxygen atoms in total. The molecule has 7 heteroatoms. The first kappa shape index (κ1) is 18.7. The Bertz CT molecular complexity index is 765. The number of carbonyl (C=O) groups excluding carboxylic acids is 1. The Hall–Kier alpha value is -2.67. The van der Waals surface area contributed by atoms with Crippen molar-refractivity contribution in [1.29, 1.82) is 0 Å². The predicted molar refractivity (Wildman–Crippen MR) is 111 cm³/mol. The van der Waals surface area contributed by atoms with Gasteiger partial charge in [0.1, 0.15) is 0 Å². The molecule has 0 saturated carbocycles. The van der Waals surface area contributed by atoms with E-state index in [1.165, 1.54) is 5.69 Å². The molecule has 0 atom stereocenters. The van der Waals surface area contributed by atoms with Crippen LogP contribution in [0.3, 0.4) is 0 Å². The van der Waals surface area contributed by atoms with Gasteiger partial charge in [-0.2, -0.15) is 0 Å². The molecular weight excluding hydrogens is 352 g/mol. The number of likely N-dealkylation sites (N-methyl/N-ethyl adjacent to an activating group) is 1. The highest BCUT2D eigenvalue weighted by Crippen LogP contribution is 2.19. The van der Waals surface area contributed by atoms with Crippen LogP contribution in [-0.2, 0) is 0 Å². The number of benzene rings is 1. The third-order valence-electron chi connectivity index (χ3n) is 5.70. The van der Waals surface area contributed by atoms with Crippen molar-refractivity contribution in [3.05, 3.63) is 48.2 Å². The summed E-state index contributed by atoms with van der Waals surface area (Å²) in [4.78, 5) is 21.5. The van der Waals surface area contributed by atoms with Gasteiger partial charge in [-0.25, -0.2) is 0 Å². The van der Waals surface area contributed by atoms with Crippen LogP contribution in [0.25, 0.3) is 0 Å². The molecule has 1 aromatic carbocycles. The van der Waals surface area contributed by atoms with E-state index in [4.69, 9.17) is 0 Å².